The van der Waals surface area contributed by atoms with Crippen LogP contribution >= 0.6 is 24.0 Å². The second kappa shape index (κ2) is 8.75. The van der Waals surface area contributed by atoms with Crippen LogP contribution in [-0.2, 0) is 25.7 Å². The SMILES string of the molecule is I.NC(=NCCc1ccc2c(c1)CCO2)Nc1cccc2c1CCCC2. The molecule has 2 aliphatic rings. The molecule has 5 heteroatoms. The van der Waals surface area contributed by atoms with Gasteiger partial charge in [0.2, 0.25) is 0 Å². The molecule has 1 aliphatic carbocycles. The molecule has 1 heterocycles. The van der Waals surface area contributed by atoms with E-state index in [-0.39, 0.29) is 24.0 Å². The number of aliphatic imine (C=N–C) groups is 1. The molecule has 0 saturated carbocycles. The van der Waals surface area contributed by atoms with E-state index < -0.39 is 0 Å². The number of anilines is 1. The van der Waals surface area contributed by atoms with E-state index in [2.05, 4.69) is 46.7 Å². The highest BCUT2D eigenvalue weighted by molar-refractivity contribution is 14.0. The van der Waals surface area contributed by atoms with Crippen LogP contribution in [0, 0.1) is 0 Å². The number of aryl methyl sites for hydroxylation is 1. The minimum absolute atomic E-state index is 0. The molecule has 0 unspecified atom stereocenters. The van der Waals surface area contributed by atoms with Crippen molar-refractivity contribution in [2.75, 3.05) is 18.5 Å². The number of benzene rings is 2. The number of hydrogen-bond acceptors (Lipinski definition) is 2. The molecule has 1 aliphatic heterocycles. The number of guanidine groups is 1. The summed E-state index contributed by atoms with van der Waals surface area (Å²) < 4.78 is 5.55. The molecule has 3 N–H and O–H groups in total. The number of ether oxygens (including phenoxy) is 1. The normalized spacial score (nSPS) is 15.5. The van der Waals surface area contributed by atoms with Crippen LogP contribution in [0.1, 0.15) is 35.1 Å². The van der Waals surface area contributed by atoms with Gasteiger partial charge in [0.25, 0.3) is 0 Å². The Morgan fingerprint density at radius 1 is 1.08 bits per heavy atom. The molecule has 2 aromatic carbocycles. The van der Waals surface area contributed by atoms with Gasteiger partial charge in [-0.25, -0.2) is 0 Å². The van der Waals surface area contributed by atoms with Crippen molar-refractivity contribution in [1.82, 2.24) is 0 Å². The Balaban J connectivity index is 0.00000196. The maximum Gasteiger partial charge on any atom is 0.193 e. The lowest BCUT2D eigenvalue weighted by Gasteiger charge is -2.19. The fourth-order valence-electron chi connectivity index (χ4n) is 3.78. The molecular weight excluding hydrogens is 437 g/mol. The molecule has 4 rings (SSSR count). The molecule has 0 bridgehead atoms. The molecule has 0 amide bonds. The van der Waals surface area contributed by atoms with Crippen LogP contribution in [0.25, 0.3) is 0 Å². The van der Waals surface area contributed by atoms with Crippen LogP contribution in [0.3, 0.4) is 0 Å². The third kappa shape index (κ3) is 4.31. The molecule has 0 atom stereocenters. The lowest BCUT2D eigenvalue weighted by Crippen LogP contribution is -2.24. The number of fused-ring (bicyclic) bond motifs is 2. The summed E-state index contributed by atoms with van der Waals surface area (Å²) in [6.07, 6.45) is 6.74. The van der Waals surface area contributed by atoms with Gasteiger partial charge in [0.1, 0.15) is 5.75 Å². The Kier molecular flexibility index (Phi) is 6.40. The van der Waals surface area contributed by atoms with E-state index in [4.69, 9.17) is 10.5 Å². The summed E-state index contributed by atoms with van der Waals surface area (Å²) in [5, 5.41) is 3.31. The van der Waals surface area contributed by atoms with Crippen LogP contribution in [0.15, 0.2) is 41.4 Å². The maximum absolute atomic E-state index is 6.11. The molecule has 0 spiro atoms. The molecule has 26 heavy (non-hydrogen) atoms. The van der Waals surface area contributed by atoms with Crippen LogP contribution in [0.5, 0.6) is 5.75 Å². The van der Waals surface area contributed by atoms with E-state index in [9.17, 15) is 0 Å². The Labute approximate surface area is 172 Å². The Morgan fingerprint density at radius 2 is 1.96 bits per heavy atom. The molecular formula is C21H26IN3O. The van der Waals surface area contributed by atoms with Crippen LogP contribution in [-0.4, -0.2) is 19.1 Å². The van der Waals surface area contributed by atoms with E-state index in [0.29, 0.717) is 12.5 Å². The van der Waals surface area contributed by atoms with Gasteiger partial charge in [-0.1, -0.05) is 24.3 Å². The van der Waals surface area contributed by atoms with Crippen LogP contribution in [0.2, 0.25) is 0 Å². The van der Waals surface area contributed by atoms with Gasteiger partial charge < -0.3 is 15.8 Å². The summed E-state index contributed by atoms with van der Waals surface area (Å²) in [4.78, 5) is 4.51. The van der Waals surface area contributed by atoms with Crippen molar-refractivity contribution in [2.24, 2.45) is 10.7 Å². The van der Waals surface area contributed by atoms with Crippen molar-refractivity contribution in [3.8, 4) is 5.75 Å². The van der Waals surface area contributed by atoms with Gasteiger partial charge in [0, 0.05) is 18.7 Å². The predicted octanol–water partition coefficient (Wildman–Crippen LogP) is 4.09. The third-order valence-corrected chi connectivity index (χ3v) is 5.10. The Morgan fingerprint density at radius 3 is 2.88 bits per heavy atom. The summed E-state index contributed by atoms with van der Waals surface area (Å²) >= 11 is 0. The third-order valence-electron chi connectivity index (χ3n) is 5.10. The fourth-order valence-corrected chi connectivity index (χ4v) is 3.78. The summed E-state index contributed by atoms with van der Waals surface area (Å²) in [5.74, 6) is 1.53. The minimum Gasteiger partial charge on any atom is -0.493 e. The molecule has 4 nitrogen and oxygen atoms in total. The van der Waals surface area contributed by atoms with E-state index in [1.54, 1.807) is 0 Å². The van der Waals surface area contributed by atoms with Crippen molar-refractivity contribution in [1.29, 1.82) is 0 Å². The Bertz CT molecular complexity index is 804. The number of rotatable bonds is 4. The van der Waals surface area contributed by atoms with Crippen LogP contribution < -0.4 is 15.8 Å². The summed E-state index contributed by atoms with van der Waals surface area (Å²) in [6.45, 7) is 1.49. The largest absolute Gasteiger partial charge is 0.493 e. The molecule has 138 valence electrons. The minimum atomic E-state index is 0. The van der Waals surface area contributed by atoms with E-state index in [1.165, 1.54) is 41.5 Å². The lowest BCUT2D eigenvalue weighted by molar-refractivity contribution is 0.357. The smallest absolute Gasteiger partial charge is 0.193 e. The molecule has 0 saturated heterocycles. The fraction of sp³-hybridized carbons (Fsp3) is 0.381. The first-order valence-electron chi connectivity index (χ1n) is 9.22. The second-order valence-electron chi connectivity index (χ2n) is 6.83. The highest BCUT2D eigenvalue weighted by Gasteiger charge is 2.13. The molecule has 0 fully saturated rings. The zero-order valence-corrected chi connectivity index (χ0v) is 17.3. The summed E-state index contributed by atoms with van der Waals surface area (Å²) in [7, 11) is 0. The van der Waals surface area contributed by atoms with E-state index in [1.807, 2.05) is 0 Å². The van der Waals surface area contributed by atoms with Crippen molar-refractivity contribution < 1.29 is 4.74 Å². The first-order chi connectivity index (χ1) is 12.3. The Hall–Kier alpha value is -1.76. The zero-order valence-electron chi connectivity index (χ0n) is 15.0. The van der Waals surface area contributed by atoms with Crippen molar-refractivity contribution in [3.05, 3.63) is 58.7 Å². The van der Waals surface area contributed by atoms with Gasteiger partial charge in [-0.05, 0) is 66.5 Å². The monoisotopic (exact) mass is 463 g/mol. The van der Waals surface area contributed by atoms with Gasteiger partial charge in [0.05, 0.1) is 6.61 Å². The number of nitrogens with two attached hydrogens (primary N) is 1. The highest BCUT2D eigenvalue weighted by atomic mass is 127. The standard InChI is InChI=1S/C21H25N3O.HI/c22-21(24-19-7-3-5-16-4-1-2-6-18(16)19)23-12-10-15-8-9-20-17(14-15)11-13-25-20;/h3,5,7-9,14H,1-2,4,6,10-13H2,(H3,22,23,24);1H. The predicted molar refractivity (Wildman–Crippen MR) is 118 cm³/mol. The summed E-state index contributed by atoms with van der Waals surface area (Å²) in [5.41, 5.74) is 12.7. The topological polar surface area (TPSA) is 59.6 Å². The summed E-state index contributed by atoms with van der Waals surface area (Å²) in [6, 6.07) is 12.9. The molecule has 0 aromatic heterocycles. The first-order valence-corrected chi connectivity index (χ1v) is 9.22. The van der Waals surface area contributed by atoms with E-state index >= 15 is 0 Å². The molecule has 2 aromatic rings. The number of halogens is 1. The molecule has 0 radical (unpaired) electrons. The number of nitrogens with zero attached hydrogens (tertiary/aromatic N) is 1. The number of nitrogens with one attached hydrogen (secondary N) is 1. The van der Waals surface area contributed by atoms with Gasteiger partial charge in [-0.2, -0.15) is 0 Å². The second-order valence-corrected chi connectivity index (χ2v) is 6.83. The van der Waals surface area contributed by atoms with Gasteiger partial charge >= 0.3 is 0 Å². The maximum atomic E-state index is 6.11. The van der Waals surface area contributed by atoms with Gasteiger partial charge in [0.15, 0.2) is 5.96 Å². The average Bonchev–Trinajstić information content (AvgIpc) is 3.10. The van der Waals surface area contributed by atoms with E-state index in [0.717, 1.165) is 37.3 Å². The lowest BCUT2D eigenvalue weighted by atomic mass is 9.90. The van der Waals surface area contributed by atoms with Crippen LogP contribution in [0.4, 0.5) is 5.69 Å². The first kappa shape index (κ1) is 19.0. The zero-order chi connectivity index (χ0) is 17.1. The number of hydrogen-bond donors (Lipinski definition) is 2. The quantitative estimate of drug-likeness (QED) is 0.408. The van der Waals surface area contributed by atoms with Crippen molar-refractivity contribution in [2.45, 2.75) is 38.5 Å². The van der Waals surface area contributed by atoms with Gasteiger partial charge in [-0.15, -0.1) is 24.0 Å². The van der Waals surface area contributed by atoms with Crippen molar-refractivity contribution in [3.63, 3.8) is 0 Å². The average molecular weight is 463 g/mol. The van der Waals surface area contributed by atoms with Crippen molar-refractivity contribution >= 4 is 35.6 Å². The van der Waals surface area contributed by atoms with Gasteiger partial charge in [-0.3, -0.25) is 4.99 Å². The highest BCUT2D eigenvalue weighted by Crippen LogP contribution is 2.28.